The van der Waals surface area contributed by atoms with Crippen molar-refractivity contribution in [2.24, 2.45) is 28.1 Å². The molecule has 0 radical (unpaired) electrons. The molecule has 4 atom stereocenters. The highest BCUT2D eigenvalue weighted by atomic mass is 16.3. The highest BCUT2D eigenvalue weighted by molar-refractivity contribution is 5.23. The molecule has 4 rings (SSSR count). The smallest absolute Gasteiger partial charge is 0.0658 e. The van der Waals surface area contributed by atoms with Crippen LogP contribution in [0.4, 0.5) is 0 Å². The number of aliphatic hydroxyl groups is 1. The van der Waals surface area contributed by atoms with Gasteiger partial charge in [0.05, 0.1) is 6.10 Å². The molecule has 0 heterocycles. The quantitative estimate of drug-likeness (QED) is 0.720. The Morgan fingerprint density at radius 3 is 2.10 bits per heavy atom. The lowest BCUT2D eigenvalue weighted by Gasteiger charge is -2.47. The van der Waals surface area contributed by atoms with E-state index in [9.17, 15) is 5.11 Å². The van der Waals surface area contributed by atoms with Crippen LogP contribution in [0.25, 0.3) is 0 Å². The molecule has 4 saturated carbocycles. The minimum atomic E-state index is -0.0109. The van der Waals surface area contributed by atoms with E-state index >= 15 is 0 Å². The fourth-order valence-electron chi connectivity index (χ4n) is 7.66. The van der Waals surface area contributed by atoms with Crippen molar-refractivity contribution in [3.8, 4) is 0 Å². The van der Waals surface area contributed by atoms with E-state index in [0.29, 0.717) is 10.8 Å². The topological polar surface area (TPSA) is 20.2 Å². The van der Waals surface area contributed by atoms with Crippen LogP contribution in [0, 0.1) is 28.1 Å². The fraction of sp³-hybridized carbons (Fsp3) is 1.00. The predicted molar refractivity (Wildman–Crippen MR) is 82.4 cm³/mol. The molecule has 0 amide bonds. The largest absolute Gasteiger partial charge is 0.392 e. The average molecular weight is 276 g/mol. The van der Waals surface area contributed by atoms with Crippen LogP contribution in [0.15, 0.2) is 0 Å². The second-order valence-electron chi connectivity index (χ2n) is 8.97. The van der Waals surface area contributed by atoms with Crippen LogP contribution in [0.1, 0.15) is 84.5 Å². The Balaban J connectivity index is 1.76. The van der Waals surface area contributed by atoms with Crippen LogP contribution in [-0.4, -0.2) is 11.2 Å². The van der Waals surface area contributed by atoms with E-state index in [-0.39, 0.29) is 11.5 Å². The van der Waals surface area contributed by atoms with E-state index in [1.807, 2.05) is 0 Å². The van der Waals surface area contributed by atoms with Gasteiger partial charge in [0.1, 0.15) is 0 Å². The monoisotopic (exact) mass is 276 g/mol. The molecule has 1 nitrogen and oxygen atoms in total. The molecular weight excluding hydrogens is 244 g/mol. The second kappa shape index (κ2) is 4.24. The summed E-state index contributed by atoms with van der Waals surface area (Å²) in [6, 6.07) is 0. The minimum absolute atomic E-state index is 0.0109. The molecule has 1 spiro atoms. The Hall–Kier alpha value is -0.0400. The standard InChI is InChI=1S/C19H32O/c1-17-13-10-15(19(16(17)20)11-6-7-12-19)18(17,2)14-8-4-3-5-9-14/h14-16,20H,3-13H2,1-2H3. The second-order valence-corrected chi connectivity index (χ2v) is 8.97. The molecule has 114 valence electrons. The van der Waals surface area contributed by atoms with Crippen molar-refractivity contribution < 1.29 is 5.11 Å². The third-order valence-electron chi connectivity index (χ3n) is 8.74. The Labute approximate surface area is 124 Å². The lowest BCUT2D eigenvalue weighted by atomic mass is 9.58. The van der Waals surface area contributed by atoms with Crippen molar-refractivity contribution in [1.29, 1.82) is 0 Å². The number of fused-ring (bicyclic) bond motifs is 3. The van der Waals surface area contributed by atoms with Crippen molar-refractivity contribution in [2.45, 2.75) is 90.6 Å². The van der Waals surface area contributed by atoms with Gasteiger partial charge in [0.2, 0.25) is 0 Å². The Bertz CT molecular complexity index is 391. The lowest BCUT2D eigenvalue weighted by Crippen LogP contribution is -2.44. The maximum absolute atomic E-state index is 11.3. The molecule has 0 aromatic carbocycles. The zero-order valence-corrected chi connectivity index (χ0v) is 13.5. The van der Waals surface area contributed by atoms with Gasteiger partial charge in [-0.2, -0.15) is 0 Å². The van der Waals surface area contributed by atoms with E-state index in [4.69, 9.17) is 0 Å². The van der Waals surface area contributed by atoms with E-state index in [1.165, 1.54) is 70.6 Å². The Morgan fingerprint density at radius 1 is 0.800 bits per heavy atom. The molecular formula is C19H32O. The third kappa shape index (κ3) is 1.35. The van der Waals surface area contributed by atoms with Gasteiger partial charge in [0.25, 0.3) is 0 Å². The summed E-state index contributed by atoms with van der Waals surface area (Å²) in [5, 5.41) is 11.3. The molecule has 4 aliphatic rings. The van der Waals surface area contributed by atoms with Crippen LogP contribution in [0.3, 0.4) is 0 Å². The van der Waals surface area contributed by atoms with Crippen molar-refractivity contribution >= 4 is 0 Å². The van der Waals surface area contributed by atoms with Gasteiger partial charge in [-0.25, -0.2) is 0 Å². The summed E-state index contributed by atoms with van der Waals surface area (Å²) in [7, 11) is 0. The average Bonchev–Trinajstić information content (AvgIpc) is 3.08. The maximum atomic E-state index is 11.3. The van der Waals surface area contributed by atoms with Crippen LogP contribution >= 0.6 is 0 Å². The molecule has 20 heavy (non-hydrogen) atoms. The molecule has 0 aliphatic heterocycles. The van der Waals surface area contributed by atoms with Gasteiger partial charge in [-0.05, 0) is 61.2 Å². The summed E-state index contributed by atoms with van der Waals surface area (Å²) < 4.78 is 0. The molecule has 0 aromatic rings. The van der Waals surface area contributed by atoms with Gasteiger partial charge in [-0.1, -0.05) is 46.0 Å². The van der Waals surface area contributed by atoms with Gasteiger partial charge >= 0.3 is 0 Å². The minimum Gasteiger partial charge on any atom is -0.392 e. The number of hydrogen-bond donors (Lipinski definition) is 1. The first kappa shape index (κ1) is 13.6. The summed E-state index contributed by atoms with van der Waals surface area (Å²) >= 11 is 0. The summed E-state index contributed by atoms with van der Waals surface area (Å²) in [5.74, 6) is 1.71. The lowest BCUT2D eigenvalue weighted by molar-refractivity contribution is -0.0646. The van der Waals surface area contributed by atoms with Gasteiger partial charge in [-0.3, -0.25) is 0 Å². The van der Waals surface area contributed by atoms with Crippen molar-refractivity contribution in [1.82, 2.24) is 0 Å². The summed E-state index contributed by atoms with van der Waals surface area (Å²) in [6.07, 6.45) is 15.2. The van der Waals surface area contributed by atoms with E-state index in [2.05, 4.69) is 13.8 Å². The van der Waals surface area contributed by atoms with Crippen molar-refractivity contribution in [2.75, 3.05) is 0 Å². The molecule has 0 saturated heterocycles. The van der Waals surface area contributed by atoms with Crippen LogP contribution in [-0.2, 0) is 0 Å². The SMILES string of the molecule is CC12CCC(C3(CCCC3)C1O)C2(C)C1CCCCC1. The zero-order chi connectivity index (χ0) is 14.0. The molecule has 1 N–H and O–H groups in total. The first-order valence-electron chi connectivity index (χ1n) is 9.24. The normalized spacial score (nSPS) is 51.1. The van der Waals surface area contributed by atoms with Crippen LogP contribution in [0.2, 0.25) is 0 Å². The predicted octanol–water partition coefficient (Wildman–Crippen LogP) is 4.92. The summed E-state index contributed by atoms with van der Waals surface area (Å²) in [4.78, 5) is 0. The van der Waals surface area contributed by atoms with E-state index in [0.717, 1.165) is 11.8 Å². The fourth-order valence-corrected chi connectivity index (χ4v) is 7.66. The molecule has 0 aromatic heterocycles. The molecule has 4 aliphatic carbocycles. The molecule has 4 fully saturated rings. The van der Waals surface area contributed by atoms with E-state index < -0.39 is 0 Å². The van der Waals surface area contributed by atoms with Crippen molar-refractivity contribution in [3.05, 3.63) is 0 Å². The van der Waals surface area contributed by atoms with E-state index in [1.54, 1.807) is 0 Å². The third-order valence-corrected chi connectivity index (χ3v) is 8.74. The number of rotatable bonds is 1. The Morgan fingerprint density at radius 2 is 1.45 bits per heavy atom. The number of aliphatic hydroxyl groups excluding tert-OH is 1. The van der Waals surface area contributed by atoms with Gasteiger partial charge in [0, 0.05) is 5.41 Å². The van der Waals surface area contributed by atoms with Gasteiger partial charge < -0.3 is 5.11 Å². The van der Waals surface area contributed by atoms with Crippen LogP contribution in [0.5, 0.6) is 0 Å². The van der Waals surface area contributed by atoms with Crippen LogP contribution < -0.4 is 0 Å². The van der Waals surface area contributed by atoms with Crippen molar-refractivity contribution in [3.63, 3.8) is 0 Å². The first-order chi connectivity index (χ1) is 9.56. The highest BCUT2D eigenvalue weighted by Crippen LogP contribution is 2.78. The van der Waals surface area contributed by atoms with Gasteiger partial charge in [0.15, 0.2) is 0 Å². The molecule has 1 heteroatoms. The van der Waals surface area contributed by atoms with Gasteiger partial charge in [-0.15, -0.1) is 0 Å². The first-order valence-corrected chi connectivity index (χ1v) is 9.24. The molecule has 4 unspecified atom stereocenters. The summed E-state index contributed by atoms with van der Waals surface area (Å²) in [5.41, 5.74) is 0.959. The summed E-state index contributed by atoms with van der Waals surface area (Å²) in [6.45, 7) is 5.05. The zero-order valence-electron chi connectivity index (χ0n) is 13.5. The number of hydrogen-bond acceptors (Lipinski definition) is 1. The maximum Gasteiger partial charge on any atom is 0.0658 e. The Kier molecular flexibility index (Phi) is 2.89. The highest BCUT2D eigenvalue weighted by Gasteiger charge is 2.75. The molecule has 2 bridgehead atoms.